The molecule has 3 aromatic rings. The molecule has 7 nitrogen and oxygen atoms in total. The van der Waals surface area contributed by atoms with Crippen LogP contribution < -0.4 is 10.1 Å². The summed E-state index contributed by atoms with van der Waals surface area (Å²) < 4.78 is 35.6. The van der Waals surface area contributed by atoms with Crippen LogP contribution in [0.5, 0.6) is 5.75 Å². The smallest absolute Gasteiger partial charge is 0.387 e. The molecule has 0 aliphatic heterocycles. The van der Waals surface area contributed by atoms with Gasteiger partial charge in [-0.15, -0.1) is 11.3 Å². The highest BCUT2D eigenvalue weighted by Gasteiger charge is 2.19. The van der Waals surface area contributed by atoms with Gasteiger partial charge in [-0.1, -0.05) is 6.07 Å². The maximum Gasteiger partial charge on any atom is 0.387 e. The first-order valence-corrected chi connectivity index (χ1v) is 10.4. The molecule has 0 atom stereocenters. The molecule has 3 rings (SSSR count). The van der Waals surface area contributed by atoms with E-state index in [-0.39, 0.29) is 11.3 Å². The van der Waals surface area contributed by atoms with Crippen molar-refractivity contribution in [2.24, 2.45) is 0 Å². The lowest BCUT2D eigenvalue weighted by atomic mass is 10.2. The summed E-state index contributed by atoms with van der Waals surface area (Å²) in [6.45, 7) is 0.665. The Balaban J connectivity index is 1.54. The molecule has 0 spiro atoms. The van der Waals surface area contributed by atoms with Crippen LogP contribution in [0.25, 0.3) is 0 Å². The highest BCUT2D eigenvalue weighted by Crippen LogP contribution is 2.20. The number of esters is 1. The normalized spacial score (nSPS) is 10.8. The van der Waals surface area contributed by atoms with Crippen LogP contribution in [0.4, 0.5) is 8.78 Å². The van der Waals surface area contributed by atoms with Gasteiger partial charge in [0.05, 0.1) is 12.1 Å². The lowest BCUT2D eigenvalue weighted by molar-refractivity contribution is -0.123. The number of aryl methyl sites for hydroxylation is 1. The number of halogens is 2. The summed E-state index contributed by atoms with van der Waals surface area (Å²) in [5, 5.41) is 4.05. The zero-order valence-corrected chi connectivity index (χ0v) is 18.1. The summed E-state index contributed by atoms with van der Waals surface area (Å²) in [5.74, 6) is -2.37. The minimum atomic E-state index is -2.98. The number of benzene rings is 1. The van der Waals surface area contributed by atoms with Crippen LogP contribution in [0, 0.1) is 13.8 Å². The van der Waals surface area contributed by atoms with E-state index in [1.54, 1.807) is 24.3 Å². The van der Waals surface area contributed by atoms with Crippen molar-refractivity contribution in [1.29, 1.82) is 0 Å². The molecule has 2 heterocycles. The summed E-state index contributed by atoms with van der Waals surface area (Å²) >= 11 is 1.61. The first-order chi connectivity index (χ1) is 15.2. The molecule has 0 aliphatic rings. The molecule has 1 aromatic carbocycles. The number of hydrogen-bond acceptors (Lipinski definition) is 6. The van der Waals surface area contributed by atoms with Gasteiger partial charge < -0.3 is 14.0 Å². The Kier molecular flexibility index (Phi) is 7.37. The fourth-order valence-electron chi connectivity index (χ4n) is 3.04. The number of thiophene rings is 1. The number of aromatic nitrogens is 1. The van der Waals surface area contributed by atoms with E-state index in [9.17, 15) is 23.2 Å². The largest absolute Gasteiger partial charge is 0.452 e. The molecule has 0 aliphatic carbocycles. The maximum absolute atomic E-state index is 12.4. The van der Waals surface area contributed by atoms with Gasteiger partial charge in [0.2, 0.25) is 0 Å². The number of carbonyl (C=O) groups is 3. The van der Waals surface area contributed by atoms with E-state index in [4.69, 9.17) is 4.74 Å². The number of amides is 2. The molecule has 10 heteroatoms. The fourth-order valence-corrected chi connectivity index (χ4v) is 3.73. The van der Waals surface area contributed by atoms with E-state index in [0.717, 1.165) is 10.6 Å². The predicted molar refractivity (Wildman–Crippen MR) is 113 cm³/mol. The number of alkyl halides is 2. The van der Waals surface area contributed by atoms with Crippen molar-refractivity contribution in [3.05, 3.63) is 75.2 Å². The van der Waals surface area contributed by atoms with Crippen molar-refractivity contribution >= 4 is 29.1 Å². The molecule has 0 saturated carbocycles. The minimum Gasteiger partial charge on any atom is -0.452 e. The van der Waals surface area contributed by atoms with Crippen molar-refractivity contribution in [3.63, 3.8) is 0 Å². The Morgan fingerprint density at radius 1 is 1.12 bits per heavy atom. The van der Waals surface area contributed by atoms with Gasteiger partial charge in [0, 0.05) is 21.8 Å². The highest BCUT2D eigenvalue weighted by molar-refractivity contribution is 7.09. The topological polar surface area (TPSA) is 86.6 Å². The van der Waals surface area contributed by atoms with Crippen LogP contribution in [0.3, 0.4) is 0 Å². The molecule has 0 radical (unpaired) electrons. The molecule has 2 aromatic heterocycles. The van der Waals surface area contributed by atoms with Crippen LogP contribution in [0.1, 0.15) is 37.0 Å². The van der Waals surface area contributed by atoms with Gasteiger partial charge in [0.15, 0.2) is 6.61 Å². The lowest BCUT2D eigenvalue weighted by Crippen LogP contribution is -2.34. The van der Waals surface area contributed by atoms with Crippen molar-refractivity contribution in [2.45, 2.75) is 27.0 Å². The van der Waals surface area contributed by atoms with E-state index >= 15 is 0 Å². The number of nitrogens with zero attached hydrogens (tertiary/aromatic N) is 1. The van der Waals surface area contributed by atoms with E-state index in [0.29, 0.717) is 17.8 Å². The van der Waals surface area contributed by atoms with Crippen LogP contribution in [0.15, 0.2) is 47.8 Å². The zero-order chi connectivity index (χ0) is 23.3. The predicted octanol–water partition coefficient (Wildman–Crippen LogP) is 3.93. The molecule has 32 heavy (non-hydrogen) atoms. The first kappa shape index (κ1) is 23.1. The molecule has 168 valence electrons. The molecule has 0 fully saturated rings. The molecule has 2 amide bonds. The Bertz CT molecular complexity index is 1110. The van der Waals surface area contributed by atoms with E-state index in [1.165, 1.54) is 24.3 Å². The van der Waals surface area contributed by atoms with Gasteiger partial charge >= 0.3 is 12.6 Å². The second-order valence-electron chi connectivity index (χ2n) is 6.81. The highest BCUT2D eigenvalue weighted by atomic mass is 32.1. The Morgan fingerprint density at radius 2 is 1.84 bits per heavy atom. The fraction of sp³-hybridized carbons (Fsp3) is 0.227. The zero-order valence-electron chi connectivity index (χ0n) is 17.3. The SMILES string of the molecule is Cc1cc(C(=O)OCC(=O)NC(=O)c2ccc(OC(F)F)cc2)c(C)n1Cc1cccs1. The number of ether oxygens (including phenoxy) is 2. The Labute approximate surface area is 186 Å². The van der Waals surface area contributed by atoms with E-state index in [1.807, 2.05) is 29.0 Å². The van der Waals surface area contributed by atoms with Gasteiger partial charge in [-0.2, -0.15) is 8.78 Å². The number of imide groups is 1. The van der Waals surface area contributed by atoms with E-state index in [2.05, 4.69) is 10.1 Å². The van der Waals surface area contributed by atoms with Crippen LogP contribution in [0.2, 0.25) is 0 Å². The number of hydrogen-bond donors (Lipinski definition) is 1. The third kappa shape index (κ3) is 5.79. The average molecular weight is 462 g/mol. The molecule has 0 bridgehead atoms. The summed E-state index contributed by atoms with van der Waals surface area (Å²) in [6, 6.07) is 10.5. The quantitative estimate of drug-likeness (QED) is 0.513. The molecule has 1 N–H and O–H groups in total. The first-order valence-electron chi connectivity index (χ1n) is 9.50. The summed E-state index contributed by atoms with van der Waals surface area (Å²) in [4.78, 5) is 37.7. The van der Waals surface area contributed by atoms with E-state index < -0.39 is 31.0 Å². The monoisotopic (exact) mass is 462 g/mol. The molecular weight excluding hydrogens is 442 g/mol. The minimum absolute atomic E-state index is 0.0587. The van der Waals surface area contributed by atoms with Gasteiger partial charge in [-0.3, -0.25) is 14.9 Å². The Morgan fingerprint density at radius 3 is 2.47 bits per heavy atom. The third-order valence-corrected chi connectivity index (χ3v) is 5.48. The lowest BCUT2D eigenvalue weighted by Gasteiger charge is -2.09. The van der Waals surface area contributed by atoms with Crippen LogP contribution in [-0.4, -0.2) is 35.6 Å². The number of carbonyl (C=O) groups excluding carboxylic acids is 3. The molecule has 0 saturated heterocycles. The van der Waals surface area contributed by atoms with Crippen molar-refractivity contribution in [2.75, 3.05) is 6.61 Å². The number of nitrogens with one attached hydrogen (secondary N) is 1. The summed E-state index contributed by atoms with van der Waals surface area (Å²) in [7, 11) is 0. The maximum atomic E-state index is 12.4. The molecule has 0 unspecified atom stereocenters. The molecular formula is C22H20F2N2O5S. The second-order valence-corrected chi connectivity index (χ2v) is 7.84. The Hall–Kier alpha value is -3.53. The standard InChI is InChI=1S/C22H20F2N2O5S/c1-13-10-18(14(2)26(13)11-17-4-3-9-32-17)21(29)30-12-19(27)25-20(28)15-5-7-16(8-6-15)31-22(23)24/h3-10,22H,11-12H2,1-2H3,(H,25,27,28). The van der Waals surface area contributed by atoms with Crippen molar-refractivity contribution in [3.8, 4) is 5.75 Å². The second kappa shape index (κ2) is 10.2. The van der Waals surface area contributed by atoms with Gasteiger partial charge in [0.25, 0.3) is 11.8 Å². The van der Waals surface area contributed by atoms with Gasteiger partial charge in [0.1, 0.15) is 5.75 Å². The number of rotatable bonds is 8. The van der Waals surface area contributed by atoms with Crippen molar-refractivity contribution < 1.29 is 32.6 Å². The van der Waals surface area contributed by atoms with Gasteiger partial charge in [-0.05, 0) is 55.6 Å². The van der Waals surface area contributed by atoms with Crippen molar-refractivity contribution in [1.82, 2.24) is 9.88 Å². The van der Waals surface area contributed by atoms with Crippen LogP contribution >= 0.6 is 11.3 Å². The summed E-state index contributed by atoms with van der Waals surface area (Å²) in [5.41, 5.74) is 1.99. The van der Waals surface area contributed by atoms with Gasteiger partial charge in [-0.25, -0.2) is 4.79 Å². The van der Waals surface area contributed by atoms with Crippen LogP contribution in [-0.2, 0) is 16.1 Å². The third-order valence-electron chi connectivity index (χ3n) is 4.62. The average Bonchev–Trinajstić information content (AvgIpc) is 3.36. The summed E-state index contributed by atoms with van der Waals surface area (Å²) in [6.07, 6.45) is 0.